The van der Waals surface area contributed by atoms with Crippen molar-refractivity contribution in [1.29, 1.82) is 0 Å². The molecule has 0 aromatic rings. The van der Waals surface area contributed by atoms with Crippen LogP contribution in [0.1, 0.15) is 46.5 Å². The Labute approximate surface area is 77.9 Å². The van der Waals surface area contributed by atoms with Crippen LogP contribution in [0.25, 0.3) is 0 Å². The third-order valence-corrected chi connectivity index (χ3v) is 2.84. The highest BCUT2D eigenvalue weighted by atomic mass is 14.8. The number of rotatable bonds is 7. The van der Waals surface area contributed by atoms with E-state index in [2.05, 4.69) is 33.1 Å². The Hall–Kier alpha value is -0.0400. The Morgan fingerprint density at radius 3 is 1.92 bits per heavy atom. The molecule has 0 saturated heterocycles. The van der Waals surface area contributed by atoms with E-state index in [1.54, 1.807) is 0 Å². The van der Waals surface area contributed by atoms with Crippen molar-refractivity contribution in [3.8, 4) is 0 Å². The predicted molar refractivity (Wildman–Crippen MR) is 56.4 cm³/mol. The quantitative estimate of drug-likeness (QED) is 0.621. The van der Waals surface area contributed by atoms with Crippen LogP contribution in [-0.2, 0) is 0 Å². The summed E-state index contributed by atoms with van der Waals surface area (Å²) in [6.45, 7) is 8.10. The van der Waals surface area contributed by atoms with E-state index in [-0.39, 0.29) is 0 Å². The van der Waals surface area contributed by atoms with Crippen molar-refractivity contribution in [2.75, 3.05) is 13.6 Å². The maximum absolute atomic E-state index is 3.30. The number of hydrogen-bond donors (Lipinski definition) is 1. The lowest BCUT2D eigenvalue weighted by Gasteiger charge is -2.24. The maximum Gasteiger partial charge on any atom is -0.00209 e. The zero-order valence-electron chi connectivity index (χ0n) is 9.19. The van der Waals surface area contributed by atoms with Gasteiger partial charge < -0.3 is 5.32 Å². The Morgan fingerprint density at radius 1 is 1.00 bits per heavy atom. The molecule has 0 bridgehead atoms. The van der Waals surface area contributed by atoms with Crippen LogP contribution in [0, 0.1) is 11.8 Å². The average molecular weight is 171 g/mol. The van der Waals surface area contributed by atoms with Crippen LogP contribution in [0.3, 0.4) is 0 Å². The van der Waals surface area contributed by atoms with Gasteiger partial charge in [0.25, 0.3) is 0 Å². The molecule has 0 rings (SSSR count). The Kier molecular flexibility index (Phi) is 7.58. The molecule has 0 aromatic heterocycles. The first-order valence-electron chi connectivity index (χ1n) is 5.44. The van der Waals surface area contributed by atoms with Crippen molar-refractivity contribution >= 4 is 0 Å². The van der Waals surface area contributed by atoms with Gasteiger partial charge in [-0.1, -0.05) is 40.0 Å². The van der Waals surface area contributed by atoms with Gasteiger partial charge in [-0.3, -0.25) is 0 Å². The summed E-state index contributed by atoms with van der Waals surface area (Å²) in [5, 5.41) is 3.30. The summed E-state index contributed by atoms with van der Waals surface area (Å²) in [6, 6.07) is 0. The van der Waals surface area contributed by atoms with Gasteiger partial charge in [-0.15, -0.1) is 0 Å². The number of hydrogen-bond acceptors (Lipinski definition) is 1. The third kappa shape index (κ3) is 4.10. The molecule has 0 heterocycles. The lowest BCUT2D eigenvalue weighted by atomic mass is 9.85. The van der Waals surface area contributed by atoms with Crippen LogP contribution in [-0.4, -0.2) is 13.6 Å². The molecule has 0 aliphatic heterocycles. The first-order chi connectivity index (χ1) is 5.79. The van der Waals surface area contributed by atoms with E-state index in [9.17, 15) is 0 Å². The average Bonchev–Trinajstić information content (AvgIpc) is 2.07. The second kappa shape index (κ2) is 7.60. The van der Waals surface area contributed by atoms with E-state index in [0.717, 1.165) is 11.8 Å². The molecule has 1 N–H and O–H groups in total. The van der Waals surface area contributed by atoms with Gasteiger partial charge in [0.1, 0.15) is 0 Å². The number of nitrogens with one attached hydrogen (secondary N) is 1. The lowest BCUT2D eigenvalue weighted by Crippen LogP contribution is -2.25. The highest BCUT2D eigenvalue weighted by Crippen LogP contribution is 2.23. The first-order valence-corrected chi connectivity index (χ1v) is 5.44. The van der Waals surface area contributed by atoms with Crippen molar-refractivity contribution in [2.24, 2.45) is 11.8 Å². The molecule has 0 fully saturated rings. The minimum atomic E-state index is 0.898. The molecule has 0 aliphatic rings. The maximum atomic E-state index is 3.30. The van der Waals surface area contributed by atoms with Crippen LogP contribution in [0.5, 0.6) is 0 Å². The van der Waals surface area contributed by atoms with E-state index in [0.29, 0.717) is 0 Å². The van der Waals surface area contributed by atoms with Gasteiger partial charge in [-0.05, 0) is 31.8 Å². The molecule has 0 amide bonds. The summed E-state index contributed by atoms with van der Waals surface area (Å²) in [5.41, 5.74) is 0. The Balaban J connectivity index is 3.86. The van der Waals surface area contributed by atoms with Crippen LogP contribution in [0.2, 0.25) is 0 Å². The van der Waals surface area contributed by atoms with E-state index in [1.807, 2.05) is 0 Å². The minimum Gasteiger partial charge on any atom is -0.319 e. The highest BCUT2D eigenvalue weighted by Gasteiger charge is 2.16. The Bertz CT molecular complexity index is 81.0. The molecule has 0 aliphatic carbocycles. The van der Waals surface area contributed by atoms with E-state index >= 15 is 0 Å². The fourth-order valence-electron chi connectivity index (χ4n) is 2.09. The summed E-state index contributed by atoms with van der Waals surface area (Å²) < 4.78 is 0. The third-order valence-electron chi connectivity index (χ3n) is 2.84. The van der Waals surface area contributed by atoms with E-state index < -0.39 is 0 Å². The molecule has 1 nitrogen and oxygen atoms in total. The zero-order valence-corrected chi connectivity index (χ0v) is 9.19. The smallest absolute Gasteiger partial charge is 0.00209 e. The normalized spacial score (nSPS) is 13.8. The second-order valence-corrected chi connectivity index (χ2v) is 3.68. The van der Waals surface area contributed by atoms with Gasteiger partial charge in [0.2, 0.25) is 0 Å². The molecule has 1 unspecified atom stereocenters. The molecule has 12 heavy (non-hydrogen) atoms. The molecule has 1 atom stereocenters. The molecular weight excluding hydrogens is 146 g/mol. The van der Waals surface area contributed by atoms with Crippen LogP contribution >= 0.6 is 0 Å². The fraction of sp³-hybridized carbons (Fsp3) is 1.00. The van der Waals surface area contributed by atoms with Crippen LogP contribution < -0.4 is 5.32 Å². The monoisotopic (exact) mass is 171 g/mol. The van der Waals surface area contributed by atoms with Gasteiger partial charge >= 0.3 is 0 Å². The van der Waals surface area contributed by atoms with Crippen LogP contribution in [0.15, 0.2) is 0 Å². The minimum absolute atomic E-state index is 0.898. The van der Waals surface area contributed by atoms with Crippen LogP contribution in [0.4, 0.5) is 0 Å². The summed E-state index contributed by atoms with van der Waals surface area (Å²) in [6.07, 6.45) is 5.38. The van der Waals surface area contributed by atoms with E-state index in [4.69, 9.17) is 0 Å². The molecule has 0 spiro atoms. The second-order valence-electron chi connectivity index (χ2n) is 3.68. The van der Waals surface area contributed by atoms with Crippen molar-refractivity contribution in [2.45, 2.75) is 46.5 Å². The molecular formula is C11H25N. The van der Waals surface area contributed by atoms with E-state index in [1.165, 1.54) is 32.2 Å². The largest absolute Gasteiger partial charge is 0.319 e. The molecule has 0 radical (unpaired) electrons. The Morgan fingerprint density at radius 2 is 1.58 bits per heavy atom. The predicted octanol–water partition coefficient (Wildman–Crippen LogP) is 3.06. The lowest BCUT2D eigenvalue weighted by molar-refractivity contribution is 0.287. The van der Waals surface area contributed by atoms with Gasteiger partial charge in [-0.2, -0.15) is 0 Å². The SMILES string of the molecule is CCCC(CNC)C(CC)CC. The molecule has 74 valence electrons. The van der Waals surface area contributed by atoms with Gasteiger partial charge in [-0.25, -0.2) is 0 Å². The molecule has 0 saturated carbocycles. The summed E-state index contributed by atoms with van der Waals surface area (Å²) in [4.78, 5) is 0. The first kappa shape index (κ1) is 12.0. The topological polar surface area (TPSA) is 12.0 Å². The van der Waals surface area contributed by atoms with Crippen molar-refractivity contribution in [3.63, 3.8) is 0 Å². The van der Waals surface area contributed by atoms with Gasteiger partial charge in [0.05, 0.1) is 0 Å². The summed E-state index contributed by atoms with van der Waals surface area (Å²) in [5.74, 6) is 1.83. The van der Waals surface area contributed by atoms with Gasteiger partial charge in [0, 0.05) is 0 Å². The van der Waals surface area contributed by atoms with Gasteiger partial charge in [0.15, 0.2) is 0 Å². The molecule has 0 aromatic carbocycles. The zero-order chi connectivity index (χ0) is 9.40. The van der Waals surface area contributed by atoms with Crippen molar-refractivity contribution in [1.82, 2.24) is 5.32 Å². The van der Waals surface area contributed by atoms with Crippen molar-refractivity contribution < 1.29 is 0 Å². The standard InChI is InChI=1S/C11H25N/c1-5-8-11(9-12-4)10(6-2)7-3/h10-12H,5-9H2,1-4H3. The molecule has 1 heteroatoms. The fourth-order valence-corrected chi connectivity index (χ4v) is 2.09. The summed E-state index contributed by atoms with van der Waals surface area (Å²) >= 11 is 0. The van der Waals surface area contributed by atoms with Crippen molar-refractivity contribution in [3.05, 3.63) is 0 Å². The highest BCUT2D eigenvalue weighted by molar-refractivity contribution is 4.69. The summed E-state index contributed by atoms with van der Waals surface area (Å²) in [7, 11) is 2.06.